The molecule has 2 amide bonds. The molecule has 1 fully saturated rings. The minimum absolute atomic E-state index is 0.0581. The Bertz CT molecular complexity index is 823. The maximum atomic E-state index is 12.7. The first-order valence-electron chi connectivity index (χ1n) is 10.0. The predicted octanol–water partition coefficient (Wildman–Crippen LogP) is 2.59. The number of carbonyl (C=O) groups is 2. The molecule has 2 atom stereocenters. The van der Waals surface area contributed by atoms with Crippen molar-refractivity contribution < 1.29 is 14.3 Å². The second-order valence-electron chi connectivity index (χ2n) is 7.54. The lowest BCUT2D eigenvalue weighted by molar-refractivity contribution is -0.0586. The quantitative estimate of drug-likeness (QED) is 0.789. The van der Waals surface area contributed by atoms with Crippen LogP contribution in [0.4, 0.5) is 0 Å². The summed E-state index contributed by atoms with van der Waals surface area (Å²) in [5.74, 6) is -0.0251. The molecular formula is C23H29N3O3. The molecule has 1 saturated heterocycles. The van der Waals surface area contributed by atoms with E-state index in [4.69, 9.17) is 4.74 Å². The van der Waals surface area contributed by atoms with E-state index in [9.17, 15) is 9.59 Å². The number of benzene rings is 2. The molecule has 6 nitrogen and oxygen atoms in total. The van der Waals surface area contributed by atoms with Gasteiger partial charge in [-0.05, 0) is 49.2 Å². The molecule has 0 bridgehead atoms. The molecular weight excluding hydrogens is 366 g/mol. The average molecular weight is 396 g/mol. The lowest BCUT2D eigenvalue weighted by Crippen LogP contribution is -2.48. The standard InChI is InChI=1S/C23H29N3O3/c1-16-14-26(15-17(2)29-16)23(28)21-10-6-19(7-11-21)13-25-12-18-4-8-20(9-5-18)22(27)24-3/h4-11,16-17,25H,12-15H2,1-3H3,(H,24,27)/t16-,17+. The van der Waals surface area contributed by atoms with Gasteiger partial charge in [0.2, 0.25) is 0 Å². The lowest BCUT2D eigenvalue weighted by Gasteiger charge is -2.35. The van der Waals surface area contributed by atoms with Gasteiger partial charge in [0, 0.05) is 44.4 Å². The molecule has 1 heterocycles. The number of amides is 2. The van der Waals surface area contributed by atoms with Crippen molar-refractivity contribution >= 4 is 11.8 Å². The van der Waals surface area contributed by atoms with Crippen LogP contribution >= 0.6 is 0 Å². The van der Waals surface area contributed by atoms with Crippen molar-refractivity contribution in [3.8, 4) is 0 Å². The molecule has 6 heteroatoms. The third kappa shape index (κ3) is 5.65. The number of carbonyl (C=O) groups excluding carboxylic acids is 2. The first-order valence-corrected chi connectivity index (χ1v) is 10.0. The normalized spacial score (nSPS) is 19.1. The number of nitrogens with one attached hydrogen (secondary N) is 2. The fourth-order valence-electron chi connectivity index (χ4n) is 3.56. The summed E-state index contributed by atoms with van der Waals surface area (Å²) in [6.45, 7) is 6.67. The third-order valence-electron chi connectivity index (χ3n) is 5.01. The SMILES string of the molecule is CNC(=O)c1ccc(CNCc2ccc(C(=O)N3C[C@@H](C)O[C@@H](C)C3)cc2)cc1. The summed E-state index contributed by atoms with van der Waals surface area (Å²) in [7, 11) is 1.62. The Labute approximate surface area is 172 Å². The highest BCUT2D eigenvalue weighted by molar-refractivity contribution is 5.94. The number of morpholine rings is 1. The minimum atomic E-state index is -0.0832. The Morgan fingerprint density at radius 3 is 1.86 bits per heavy atom. The fraction of sp³-hybridized carbons (Fsp3) is 0.391. The molecule has 154 valence electrons. The molecule has 0 saturated carbocycles. The van der Waals surface area contributed by atoms with Crippen LogP contribution < -0.4 is 10.6 Å². The molecule has 3 rings (SSSR count). The zero-order valence-corrected chi connectivity index (χ0v) is 17.3. The van der Waals surface area contributed by atoms with Gasteiger partial charge in [0.1, 0.15) is 0 Å². The Morgan fingerprint density at radius 2 is 1.38 bits per heavy atom. The summed E-state index contributed by atoms with van der Waals surface area (Å²) >= 11 is 0. The van der Waals surface area contributed by atoms with Crippen LogP contribution in [-0.4, -0.2) is 49.1 Å². The van der Waals surface area contributed by atoms with E-state index in [2.05, 4.69) is 10.6 Å². The highest BCUT2D eigenvalue weighted by Crippen LogP contribution is 2.15. The van der Waals surface area contributed by atoms with Gasteiger partial charge < -0.3 is 20.3 Å². The molecule has 1 aliphatic rings. The van der Waals surface area contributed by atoms with E-state index in [1.165, 1.54) is 0 Å². The Kier molecular flexibility index (Phi) is 7.01. The maximum Gasteiger partial charge on any atom is 0.254 e. The van der Waals surface area contributed by atoms with Crippen LogP contribution in [0, 0.1) is 0 Å². The van der Waals surface area contributed by atoms with Crippen molar-refractivity contribution in [2.24, 2.45) is 0 Å². The van der Waals surface area contributed by atoms with E-state index in [-0.39, 0.29) is 24.0 Å². The van der Waals surface area contributed by atoms with Gasteiger partial charge in [-0.1, -0.05) is 24.3 Å². The summed E-state index contributed by atoms with van der Waals surface area (Å²) in [5.41, 5.74) is 3.59. The monoisotopic (exact) mass is 395 g/mol. The fourth-order valence-corrected chi connectivity index (χ4v) is 3.56. The average Bonchev–Trinajstić information content (AvgIpc) is 2.73. The number of rotatable bonds is 6. The molecule has 0 aromatic heterocycles. The zero-order chi connectivity index (χ0) is 20.8. The molecule has 0 aliphatic carbocycles. The number of hydrogen-bond acceptors (Lipinski definition) is 4. The van der Waals surface area contributed by atoms with Crippen LogP contribution in [0.1, 0.15) is 45.7 Å². The van der Waals surface area contributed by atoms with Gasteiger partial charge in [-0.15, -0.1) is 0 Å². The van der Waals surface area contributed by atoms with E-state index in [0.717, 1.165) is 11.1 Å². The molecule has 2 aromatic carbocycles. The van der Waals surface area contributed by atoms with Crippen molar-refractivity contribution in [3.63, 3.8) is 0 Å². The lowest BCUT2D eigenvalue weighted by atomic mass is 10.1. The van der Waals surface area contributed by atoms with E-state index >= 15 is 0 Å². The number of ether oxygens (including phenoxy) is 1. The van der Waals surface area contributed by atoms with Crippen molar-refractivity contribution in [2.45, 2.75) is 39.1 Å². The molecule has 0 radical (unpaired) electrons. The summed E-state index contributed by atoms with van der Waals surface area (Å²) in [6, 6.07) is 15.3. The molecule has 2 N–H and O–H groups in total. The molecule has 0 unspecified atom stereocenters. The second kappa shape index (κ2) is 9.67. The van der Waals surface area contributed by atoms with Gasteiger partial charge in [-0.2, -0.15) is 0 Å². The second-order valence-corrected chi connectivity index (χ2v) is 7.54. The van der Waals surface area contributed by atoms with E-state index in [1.54, 1.807) is 7.05 Å². The van der Waals surface area contributed by atoms with Crippen LogP contribution in [0.2, 0.25) is 0 Å². The summed E-state index contributed by atoms with van der Waals surface area (Å²) < 4.78 is 5.70. The summed E-state index contributed by atoms with van der Waals surface area (Å²) in [4.78, 5) is 26.2. The highest BCUT2D eigenvalue weighted by Gasteiger charge is 2.26. The van der Waals surface area contributed by atoms with Crippen LogP contribution in [0.3, 0.4) is 0 Å². The van der Waals surface area contributed by atoms with Crippen LogP contribution in [0.25, 0.3) is 0 Å². The van der Waals surface area contributed by atoms with Gasteiger partial charge in [-0.25, -0.2) is 0 Å². The Morgan fingerprint density at radius 1 is 0.897 bits per heavy atom. The third-order valence-corrected chi connectivity index (χ3v) is 5.01. The molecule has 0 spiro atoms. The highest BCUT2D eigenvalue weighted by atomic mass is 16.5. The van der Waals surface area contributed by atoms with Gasteiger partial charge in [0.05, 0.1) is 12.2 Å². The van der Waals surface area contributed by atoms with E-state index < -0.39 is 0 Å². The molecule has 29 heavy (non-hydrogen) atoms. The minimum Gasteiger partial charge on any atom is -0.372 e. The Balaban J connectivity index is 1.50. The topological polar surface area (TPSA) is 70.7 Å². The zero-order valence-electron chi connectivity index (χ0n) is 17.3. The summed E-state index contributed by atoms with van der Waals surface area (Å²) in [6.07, 6.45) is 0.133. The van der Waals surface area contributed by atoms with Crippen molar-refractivity contribution in [3.05, 3.63) is 70.8 Å². The van der Waals surface area contributed by atoms with Gasteiger partial charge in [-0.3, -0.25) is 9.59 Å². The Hall–Kier alpha value is -2.70. The van der Waals surface area contributed by atoms with Gasteiger partial charge in [0.25, 0.3) is 11.8 Å². The van der Waals surface area contributed by atoms with Crippen molar-refractivity contribution in [2.75, 3.05) is 20.1 Å². The van der Waals surface area contributed by atoms with Crippen LogP contribution in [-0.2, 0) is 17.8 Å². The first kappa shape index (κ1) is 21.0. The number of hydrogen-bond donors (Lipinski definition) is 2. The van der Waals surface area contributed by atoms with Crippen LogP contribution in [0.15, 0.2) is 48.5 Å². The maximum absolute atomic E-state index is 12.7. The largest absolute Gasteiger partial charge is 0.372 e. The number of nitrogens with zero attached hydrogens (tertiary/aromatic N) is 1. The van der Waals surface area contributed by atoms with Crippen molar-refractivity contribution in [1.82, 2.24) is 15.5 Å². The van der Waals surface area contributed by atoms with E-state index in [1.807, 2.05) is 67.3 Å². The predicted molar refractivity (Wildman–Crippen MR) is 113 cm³/mol. The molecule has 1 aliphatic heterocycles. The van der Waals surface area contributed by atoms with E-state index in [0.29, 0.717) is 37.3 Å². The molecule has 2 aromatic rings. The first-order chi connectivity index (χ1) is 14.0. The van der Waals surface area contributed by atoms with Crippen molar-refractivity contribution in [1.29, 1.82) is 0 Å². The van der Waals surface area contributed by atoms with Gasteiger partial charge in [0.15, 0.2) is 0 Å². The van der Waals surface area contributed by atoms with Crippen LogP contribution in [0.5, 0.6) is 0 Å². The summed E-state index contributed by atoms with van der Waals surface area (Å²) in [5, 5.41) is 6.01. The van der Waals surface area contributed by atoms with Gasteiger partial charge >= 0.3 is 0 Å². The smallest absolute Gasteiger partial charge is 0.254 e.